The number of hydrogen-bond acceptors (Lipinski definition) is 4. The summed E-state index contributed by atoms with van der Waals surface area (Å²) in [6.07, 6.45) is 1.80. The third-order valence-electron chi connectivity index (χ3n) is 4.24. The number of aliphatic carboxylic acids is 1. The number of allylic oxidation sites excluding steroid dienone is 1. The average molecular weight is 350 g/mol. The lowest BCUT2D eigenvalue weighted by Gasteiger charge is -2.24. The molecule has 6 heteroatoms. The maximum atomic E-state index is 12.1. The zero-order chi connectivity index (χ0) is 17.6. The Labute approximate surface area is 148 Å². The first-order valence-corrected chi connectivity index (χ1v) is 8.61. The number of carbonyl (C=O) groups excluding carboxylic acids is 1. The van der Waals surface area contributed by atoms with Gasteiger partial charge in [0.05, 0.1) is 22.0 Å². The third kappa shape index (κ3) is 2.55. The Balaban J connectivity index is 1.80. The van der Waals surface area contributed by atoms with E-state index in [1.54, 1.807) is 30.0 Å². The number of thioether (sulfide) groups is 1. The molecule has 0 saturated carbocycles. The molecular formula is C19H14N2O3S. The number of fused-ring (bicyclic) bond motifs is 2. The van der Waals surface area contributed by atoms with Gasteiger partial charge in [-0.05, 0) is 31.2 Å². The fraction of sp³-hybridized carbons (Fsp3) is 0.105. The molecule has 124 valence electrons. The summed E-state index contributed by atoms with van der Waals surface area (Å²) in [5.74, 6) is -1.17. The van der Waals surface area contributed by atoms with Gasteiger partial charge in [0.1, 0.15) is 6.04 Å². The van der Waals surface area contributed by atoms with Crippen LogP contribution in [-0.2, 0) is 4.79 Å². The zero-order valence-electron chi connectivity index (χ0n) is 13.3. The highest BCUT2D eigenvalue weighted by Crippen LogP contribution is 2.47. The van der Waals surface area contributed by atoms with Gasteiger partial charge in [-0.3, -0.25) is 4.79 Å². The molecule has 0 spiro atoms. The van der Waals surface area contributed by atoms with E-state index in [2.05, 4.69) is 4.99 Å². The fourth-order valence-electron chi connectivity index (χ4n) is 2.98. The first-order valence-electron chi connectivity index (χ1n) is 7.79. The Morgan fingerprint density at radius 3 is 2.60 bits per heavy atom. The number of hydrogen-bond donors (Lipinski definition) is 1. The van der Waals surface area contributed by atoms with Gasteiger partial charge in [0, 0.05) is 10.5 Å². The molecule has 4 rings (SSSR count). The lowest BCUT2D eigenvalue weighted by atomic mass is 10.1. The third-order valence-corrected chi connectivity index (χ3v) is 5.33. The highest BCUT2D eigenvalue weighted by Gasteiger charge is 2.33. The predicted molar refractivity (Wildman–Crippen MR) is 97.3 cm³/mol. The largest absolute Gasteiger partial charge is 0.480 e. The zero-order valence-corrected chi connectivity index (χ0v) is 14.2. The summed E-state index contributed by atoms with van der Waals surface area (Å²) in [4.78, 5) is 30.5. The van der Waals surface area contributed by atoms with Crippen LogP contribution in [-0.4, -0.2) is 28.7 Å². The standard InChI is InChI=1S/C19H14N2O3S/c1-11(19(23)24)21-15-8-4-5-9-16(15)25-17(21)10-14-12-6-2-3-7-13(12)18(22)20-14/h2-11H,1H3,(H,23,24)/b17-10-. The average Bonchev–Trinajstić information content (AvgIpc) is 3.12. The van der Waals surface area contributed by atoms with Crippen molar-refractivity contribution in [3.63, 3.8) is 0 Å². The summed E-state index contributed by atoms with van der Waals surface area (Å²) in [6, 6.07) is 14.2. The Morgan fingerprint density at radius 2 is 1.84 bits per heavy atom. The van der Waals surface area contributed by atoms with E-state index < -0.39 is 12.0 Å². The number of benzene rings is 2. The molecule has 0 aliphatic carbocycles. The quantitative estimate of drug-likeness (QED) is 0.917. The second-order valence-electron chi connectivity index (χ2n) is 5.78. The van der Waals surface area contributed by atoms with Crippen LogP contribution in [0.3, 0.4) is 0 Å². The Morgan fingerprint density at radius 1 is 1.16 bits per heavy atom. The van der Waals surface area contributed by atoms with E-state index in [1.807, 2.05) is 36.4 Å². The van der Waals surface area contributed by atoms with E-state index in [0.717, 1.165) is 21.2 Å². The summed E-state index contributed by atoms with van der Waals surface area (Å²) in [5, 5.41) is 10.2. The van der Waals surface area contributed by atoms with Gasteiger partial charge in [0.15, 0.2) is 0 Å². The number of rotatable bonds is 3. The lowest BCUT2D eigenvalue weighted by Crippen LogP contribution is -2.36. The fourth-order valence-corrected chi connectivity index (χ4v) is 4.15. The predicted octanol–water partition coefficient (Wildman–Crippen LogP) is 3.56. The van der Waals surface area contributed by atoms with Gasteiger partial charge in [-0.1, -0.05) is 42.1 Å². The van der Waals surface area contributed by atoms with Crippen molar-refractivity contribution in [1.29, 1.82) is 0 Å². The topological polar surface area (TPSA) is 70.0 Å². The van der Waals surface area contributed by atoms with Gasteiger partial charge in [-0.15, -0.1) is 0 Å². The van der Waals surface area contributed by atoms with Crippen LogP contribution in [0.4, 0.5) is 5.69 Å². The van der Waals surface area contributed by atoms with Gasteiger partial charge >= 0.3 is 5.97 Å². The van der Waals surface area contributed by atoms with Crippen molar-refractivity contribution in [1.82, 2.24) is 0 Å². The van der Waals surface area contributed by atoms with E-state index in [9.17, 15) is 14.7 Å². The van der Waals surface area contributed by atoms with Crippen molar-refractivity contribution >= 4 is 35.0 Å². The van der Waals surface area contributed by atoms with E-state index in [1.165, 1.54) is 11.8 Å². The van der Waals surface area contributed by atoms with Gasteiger partial charge in [0.25, 0.3) is 5.91 Å². The Hall–Kier alpha value is -2.86. The van der Waals surface area contributed by atoms with Crippen molar-refractivity contribution in [3.8, 4) is 0 Å². The van der Waals surface area contributed by atoms with Crippen LogP contribution in [0.2, 0.25) is 0 Å². The molecule has 2 aliphatic heterocycles. The van der Waals surface area contributed by atoms with E-state index in [-0.39, 0.29) is 5.91 Å². The monoisotopic (exact) mass is 350 g/mol. The Kier molecular flexibility index (Phi) is 3.69. The molecule has 0 radical (unpaired) electrons. The minimum atomic E-state index is -0.909. The van der Waals surface area contributed by atoms with Gasteiger partial charge in [-0.2, -0.15) is 0 Å². The number of carboxylic acids is 1. The van der Waals surface area contributed by atoms with E-state index >= 15 is 0 Å². The van der Waals surface area contributed by atoms with E-state index in [4.69, 9.17) is 0 Å². The summed E-state index contributed by atoms with van der Waals surface area (Å²) >= 11 is 1.48. The second kappa shape index (κ2) is 5.89. The summed E-state index contributed by atoms with van der Waals surface area (Å²) in [5.41, 5.74) is 2.78. The van der Waals surface area contributed by atoms with Gasteiger partial charge in [0.2, 0.25) is 0 Å². The highest BCUT2D eigenvalue weighted by atomic mass is 32.2. The number of anilines is 1. The molecule has 2 aliphatic rings. The number of carbonyl (C=O) groups is 2. The Bertz CT molecular complexity index is 965. The van der Waals surface area contributed by atoms with Crippen LogP contribution in [0, 0.1) is 0 Å². The number of carboxylic acid groups (broad SMARTS) is 1. The number of aliphatic imine (C=N–C) groups is 1. The van der Waals surface area contributed by atoms with Crippen LogP contribution >= 0.6 is 11.8 Å². The van der Waals surface area contributed by atoms with Gasteiger partial charge in [-0.25, -0.2) is 9.79 Å². The molecule has 1 unspecified atom stereocenters. The van der Waals surface area contributed by atoms with Crippen LogP contribution in [0.5, 0.6) is 0 Å². The number of para-hydroxylation sites is 1. The molecule has 0 saturated heterocycles. The molecule has 1 atom stereocenters. The smallest absolute Gasteiger partial charge is 0.326 e. The van der Waals surface area contributed by atoms with Crippen molar-refractivity contribution in [2.24, 2.45) is 4.99 Å². The second-order valence-corrected chi connectivity index (χ2v) is 6.85. The van der Waals surface area contributed by atoms with Crippen molar-refractivity contribution in [2.75, 3.05) is 4.90 Å². The van der Waals surface area contributed by atoms with Crippen molar-refractivity contribution < 1.29 is 14.7 Å². The molecule has 0 aromatic heterocycles. The first-order chi connectivity index (χ1) is 12.1. The maximum absolute atomic E-state index is 12.1. The highest BCUT2D eigenvalue weighted by molar-refractivity contribution is 8.03. The summed E-state index contributed by atoms with van der Waals surface area (Å²) in [6.45, 7) is 1.65. The minimum absolute atomic E-state index is 0.263. The maximum Gasteiger partial charge on any atom is 0.326 e. The number of amides is 1. The minimum Gasteiger partial charge on any atom is -0.480 e. The molecule has 2 aromatic rings. The van der Waals surface area contributed by atoms with Crippen LogP contribution in [0.1, 0.15) is 22.8 Å². The van der Waals surface area contributed by atoms with Crippen molar-refractivity contribution in [2.45, 2.75) is 17.9 Å². The summed E-state index contributed by atoms with van der Waals surface area (Å²) in [7, 11) is 0. The molecule has 25 heavy (non-hydrogen) atoms. The van der Waals surface area contributed by atoms with E-state index in [0.29, 0.717) is 11.3 Å². The number of nitrogens with zero attached hydrogens (tertiary/aromatic N) is 2. The van der Waals surface area contributed by atoms with Gasteiger partial charge < -0.3 is 10.0 Å². The normalized spacial score (nSPS) is 18.1. The lowest BCUT2D eigenvalue weighted by molar-refractivity contribution is -0.138. The molecule has 0 fully saturated rings. The summed E-state index contributed by atoms with van der Waals surface area (Å²) < 4.78 is 0. The van der Waals surface area contributed by atoms with Crippen LogP contribution in [0.25, 0.3) is 0 Å². The van der Waals surface area contributed by atoms with Crippen LogP contribution < -0.4 is 4.90 Å². The SMILES string of the molecule is CC(C(=O)O)N1/C(=C/C2=NC(=O)c3ccccc32)Sc2ccccc21. The molecule has 1 amide bonds. The van der Waals surface area contributed by atoms with Crippen LogP contribution in [0.15, 0.2) is 69.5 Å². The first kappa shape index (κ1) is 15.7. The molecule has 0 bridgehead atoms. The molecular weight excluding hydrogens is 336 g/mol. The molecule has 2 heterocycles. The molecule has 2 aromatic carbocycles. The molecule has 1 N–H and O–H groups in total. The van der Waals surface area contributed by atoms with Crippen molar-refractivity contribution in [3.05, 3.63) is 70.8 Å². The molecule has 5 nitrogen and oxygen atoms in total.